The van der Waals surface area contributed by atoms with E-state index in [0.29, 0.717) is 19.0 Å². The Morgan fingerprint density at radius 3 is 2.96 bits per heavy atom. The topological polar surface area (TPSA) is 55.2 Å². The average molecular weight is 374 g/mol. The number of carbonyl (C=O) groups is 1. The van der Waals surface area contributed by atoms with Gasteiger partial charge in [0.25, 0.3) is 5.56 Å². The highest BCUT2D eigenvalue weighted by atomic mass is 32.1. The molecule has 1 atom stereocenters. The molecule has 4 rings (SSSR count). The van der Waals surface area contributed by atoms with E-state index in [2.05, 4.69) is 11.9 Å². The second kappa shape index (κ2) is 7.51. The molecule has 6 heteroatoms. The Kier molecular flexibility index (Phi) is 5.11. The molecule has 1 aliphatic carbocycles. The molecule has 3 heterocycles. The molecule has 2 aromatic heterocycles. The molecule has 5 nitrogen and oxygen atoms in total. The third-order valence-electron chi connectivity index (χ3n) is 5.93. The Hall–Kier alpha value is -1.69. The molecule has 0 saturated carbocycles. The predicted molar refractivity (Wildman–Crippen MR) is 105 cm³/mol. The van der Waals surface area contributed by atoms with Crippen molar-refractivity contribution in [3.05, 3.63) is 27.1 Å². The van der Waals surface area contributed by atoms with Crippen LogP contribution in [0.1, 0.15) is 62.3 Å². The SMILES string of the molecule is CCC1CCCCN1C(=O)CCn1cnc2sc3c(c2c1=O)CCCC3. The zero-order valence-electron chi connectivity index (χ0n) is 15.5. The van der Waals surface area contributed by atoms with Crippen LogP contribution in [0, 0.1) is 0 Å². The Balaban J connectivity index is 1.53. The maximum Gasteiger partial charge on any atom is 0.262 e. The van der Waals surface area contributed by atoms with Crippen molar-refractivity contribution < 1.29 is 4.79 Å². The molecule has 2 aliphatic rings. The summed E-state index contributed by atoms with van der Waals surface area (Å²) in [6.45, 7) is 3.44. The number of hydrogen-bond donors (Lipinski definition) is 0. The Labute approximate surface area is 158 Å². The fourth-order valence-electron chi connectivity index (χ4n) is 4.45. The van der Waals surface area contributed by atoms with Crippen molar-refractivity contribution in [2.24, 2.45) is 0 Å². The molecule has 1 saturated heterocycles. The van der Waals surface area contributed by atoms with Gasteiger partial charge in [0.15, 0.2) is 0 Å². The molecule has 140 valence electrons. The number of piperidine rings is 1. The van der Waals surface area contributed by atoms with E-state index in [4.69, 9.17) is 0 Å². The first kappa shape index (κ1) is 17.7. The Bertz CT molecular complexity index is 870. The van der Waals surface area contributed by atoms with Crippen LogP contribution in [-0.2, 0) is 24.2 Å². The minimum atomic E-state index is 0.0351. The number of amides is 1. The number of carbonyl (C=O) groups excluding carboxylic acids is 1. The van der Waals surface area contributed by atoms with Gasteiger partial charge in [-0.1, -0.05) is 6.92 Å². The zero-order chi connectivity index (χ0) is 18.1. The molecule has 0 bridgehead atoms. The van der Waals surface area contributed by atoms with Crippen molar-refractivity contribution in [3.8, 4) is 0 Å². The highest BCUT2D eigenvalue weighted by molar-refractivity contribution is 7.18. The van der Waals surface area contributed by atoms with Crippen molar-refractivity contribution in [3.63, 3.8) is 0 Å². The standard InChI is InChI=1S/C20H27N3O2S/c1-2-14-7-5-6-11-23(14)17(24)10-12-22-13-21-19-18(20(22)25)15-8-3-4-9-16(15)26-19/h13-14H,2-12H2,1H3. The van der Waals surface area contributed by atoms with Gasteiger partial charge in [-0.15, -0.1) is 11.3 Å². The first-order valence-electron chi connectivity index (χ1n) is 9.98. The van der Waals surface area contributed by atoms with E-state index < -0.39 is 0 Å². The van der Waals surface area contributed by atoms with Crippen LogP contribution in [0.15, 0.2) is 11.1 Å². The summed E-state index contributed by atoms with van der Waals surface area (Å²) < 4.78 is 1.65. The lowest BCUT2D eigenvalue weighted by Gasteiger charge is -2.35. The molecular weight excluding hydrogens is 346 g/mol. The normalized spacial score (nSPS) is 20.3. The van der Waals surface area contributed by atoms with Gasteiger partial charge in [-0.05, 0) is 56.9 Å². The fourth-order valence-corrected chi connectivity index (χ4v) is 5.67. The number of hydrogen-bond acceptors (Lipinski definition) is 4. The van der Waals surface area contributed by atoms with Crippen molar-refractivity contribution in [1.29, 1.82) is 0 Å². The summed E-state index contributed by atoms with van der Waals surface area (Å²) in [4.78, 5) is 34.4. The van der Waals surface area contributed by atoms with Gasteiger partial charge in [0, 0.05) is 30.4 Å². The number of nitrogens with zero attached hydrogens (tertiary/aromatic N) is 3. The molecule has 1 unspecified atom stereocenters. The van der Waals surface area contributed by atoms with E-state index in [1.165, 1.54) is 23.3 Å². The van der Waals surface area contributed by atoms with Crippen molar-refractivity contribution >= 4 is 27.5 Å². The highest BCUT2D eigenvalue weighted by Gasteiger charge is 2.25. The maximum atomic E-state index is 13.0. The van der Waals surface area contributed by atoms with Crippen LogP contribution in [0.4, 0.5) is 0 Å². The van der Waals surface area contributed by atoms with Gasteiger partial charge in [-0.3, -0.25) is 14.2 Å². The van der Waals surface area contributed by atoms with Gasteiger partial charge < -0.3 is 4.90 Å². The molecular formula is C20H27N3O2S. The summed E-state index contributed by atoms with van der Waals surface area (Å²) in [5.74, 6) is 0.177. The first-order chi connectivity index (χ1) is 12.7. The van der Waals surface area contributed by atoms with Gasteiger partial charge in [0.2, 0.25) is 5.91 Å². The molecule has 26 heavy (non-hydrogen) atoms. The van der Waals surface area contributed by atoms with Gasteiger partial charge in [-0.25, -0.2) is 4.98 Å². The third-order valence-corrected chi connectivity index (χ3v) is 7.13. The summed E-state index contributed by atoms with van der Waals surface area (Å²) in [5, 5.41) is 0.809. The van der Waals surface area contributed by atoms with Crippen LogP contribution >= 0.6 is 11.3 Å². The third kappa shape index (κ3) is 3.20. The molecule has 0 aromatic carbocycles. The summed E-state index contributed by atoms with van der Waals surface area (Å²) in [7, 11) is 0. The van der Waals surface area contributed by atoms with E-state index in [1.807, 2.05) is 4.90 Å². The van der Waals surface area contributed by atoms with Crippen molar-refractivity contribution in [2.45, 2.75) is 77.3 Å². The predicted octanol–water partition coefficient (Wildman–Crippen LogP) is 3.52. The summed E-state index contributed by atoms with van der Waals surface area (Å²) in [6.07, 6.45) is 10.9. The number of likely N-dealkylation sites (tertiary alicyclic amines) is 1. The van der Waals surface area contributed by atoms with Gasteiger partial charge >= 0.3 is 0 Å². The molecule has 0 radical (unpaired) electrons. The number of aryl methyl sites for hydroxylation is 3. The lowest BCUT2D eigenvalue weighted by atomic mass is 9.97. The first-order valence-corrected chi connectivity index (χ1v) is 10.8. The average Bonchev–Trinajstić information content (AvgIpc) is 3.06. The molecule has 0 spiro atoms. The van der Waals surface area contributed by atoms with E-state index >= 15 is 0 Å². The second-order valence-electron chi connectivity index (χ2n) is 7.53. The van der Waals surface area contributed by atoms with Crippen molar-refractivity contribution in [1.82, 2.24) is 14.5 Å². The van der Waals surface area contributed by atoms with E-state index in [0.717, 1.165) is 55.3 Å². The van der Waals surface area contributed by atoms with Crippen LogP contribution in [0.5, 0.6) is 0 Å². The lowest BCUT2D eigenvalue weighted by molar-refractivity contribution is -0.135. The van der Waals surface area contributed by atoms with E-state index in [1.54, 1.807) is 22.2 Å². The molecule has 1 amide bonds. The van der Waals surface area contributed by atoms with E-state index in [9.17, 15) is 9.59 Å². The van der Waals surface area contributed by atoms with Crippen molar-refractivity contribution in [2.75, 3.05) is 6.54 Å². The lowest BCUT2D eigenvalue weighted by Crippen LogP contribution is -2.43. The van der Waals surface area contributed by atoms with E-state index in [-0.39, 0.29) is 11.5 Å². The summed E-state index contributed by atoms with van der Waals surface area (Å²) in [5.41, 5.74) is 1.25. The fraction of sp³-hybridized carbons (Fsp3) is 0.650. The summed E-state index contributed by atoms with van der Waals surface area (Å²) >= 11 is 1.67. The molecule has 0 N–H and O–H groups in total. The van der Waals surface area contributed by atoms with Crippen LogP contribution in [-0.4, -0.2) is 32.9 Å². The number of aromatic nitrogens is 2. The largest absolute Gasteiger partial charge is 0.340 e. The highest BCUT2D eigenvalue weighted by Crippen LogP contribution is 2.33. The van der Waals surface area contributed by atoms with Crippen LogP contribution < -0.4 is 5.56 Å². The Morgan fingerprint density at radius 2 is 2.12 bits per heavy atom. The van der Waals surface area contributed by atoms with Crippen LogP contribution in [0.3, 0.4) is 0 Å². The molecule has 1 fully saturated rings. The van der Waals surface area contributed by atoms with Crippen LogP contribution in [0.25, 0.3) is 10.2 Å². The van der Waals surface area contributed by atoms with Gasteiger partial charge in [0.05, 0.1) is 11.7 Å². The minimum absolute atomic E-state index is 0.0351. The minimum Gasteiger partial charge on any atom is -0.340 e. The smallest absolute Gasteiger partial charge is 0.262 e. The zero-order valence-corrected chi connectivity index (χ0v) is 16.3. The quantitative estimate of drug-likeness (QED) is 0.824. The number of fused-ring (bicyclic) bond motifs is 3. The number of rotatable bonds is 4. The Morgan fingerprint density at radius 1 is 1.27 bits per heavy atom. The van der Waals surface area contributed by atoms with Gasteiger partial charge in [0.1, 0.15) is 4.83 Å². The monoisotopic (exact) mass is 373 g/mol. The van der Waals surface area contributed by atoms with Crippen LogP contribution in [0.2, 0.25) is 0 Å². The summed E-state index contributed by atoms with van der Waals surface area (Å²) in [6, 6.07) is 0.373. The number of thiophene rings is 1. The second-order valence-corrected chi connectivity index (χ2v) is 8.61. The van der Waals surface area contributed by atoms with Gasteiger partial charge in [-0.2, -0.15) is 0 Å². The molecule has 2 aromatic rings. The molecule has 1 aliphatic heterocycles. The maximum absolute atomic E-state index is 13.0.